The summed E-state index contributed by atoms with van der Waals surface area (Å²) < 4.78 is 0.723. The Labute approximate surface area is 90.5 Å². The fourth-order valence-electron chi connectivity index (χ4n) is 1.12. The molecule has 0 amide bonds. The summed E-state index contributed by atoms with van der Waals surface area (Å²) in [6.45, 7) is 1.48. The van der Waals surface area contributed by atoms with Crippen molar-refractivity contribution >= 4 is 21.9 Å². The van der Waals surface area contributed by atoms with Gasteiger partial charge in [0, 0.05) is 4.47 Å². The van der Waals surface area contributed by atoms with Gasteiger partial charge in [0.2, 0.25) is 0 Å². The molecule has 2 N–H and O–H groups in total. The van der Waals surface area contributed by atoms with Gasteiger partial charge in [-0.25, -0.2) is 0 Å². The highest BCUT2D eigenvalue weighted by molar-refractivity contribution is 9.10. The van der Waals surface area contributed by atoms with Crippen molar-refractivity contribution in [2.45, 2.75) is 13.0 Å². The van der Waals surface area contributed by atoms with E-state index in [9.17, 15) is 9.90 Å². The third-order valence-electron chi connectivity index (χ3n) is 2.09. The van der Waals surface area contributed by atoms with Crippen LogP contribution in [0.4, 0.5) is 0 Å². The summed E-state index contributed by atoms with van der Waals surface area (Å²) in [7, 11) is 0. The molecule has 0 aliphatic rings. The molecular weight excluding hydrogens is 248 g/mol. The summed E-state index contributed by atoms with van der Waals surface area (Å²) in [6, 6.07) is 7.05. The predicted molar refractivity (Wildman–Crippen MR) is 55.9 cm³/mol. The van der Waals surface area contributed by atoms with Crippen LogP contribution in [0, 0.1) is 5.92 Å². The number of aliphatic carboxylic acids is 1. The van der Waals surface area contributed by atoms with Gasteiger partial charge < -0.3 is 10.2 Å². The van der Waals surface area contributed by atoms with Gasteiger partial charge >= 0.3 is 5.97 Å². The number of hydrogen-bond donors (Lipinski definition) is 2. The fourth-order valence-corrected chi connectivity index (χ4v) is 1.64. The van der Waals surface area contributed by atoms with Crippen LogP contribution in [-0.2, 0) is 4.79 Å². The number of carboxylic acids is 1. The number of carbonyl (C=O) groups is 1. The Kier molecular flexibility index (Phi) is 3.66. The van der Waals surface area contributed by atoms with E-state index in [2.05, 4.69) is 15.9 Å². The van der Waals surface area contributed by atoms with E-state index in [1.165, 1.54) is 6.92 Å². The molecular formula is C10H11BrO3. The van der Waals surface area contributed by atoms with E-state index in [1.54, 1.807) is 18.2 Å². The van der Waals surface area contributed by atoms with E-state index in [0.717, 1.165) is 4.47 Å². The average Bonchev–Trinajstić information content (AvgIpc) is 2.16. The van der Waals surface area contributed by atoms with Crippen LogP contribution in [0.15, 0.2) is 28.7 Å². The van der Waals surface area contributed by atoms with Crippen LogP contribution in [0.5, 0.6) is 0 Å². The van der Waals surface area contributed by atoms with Crippen LogP contribution < -0.4 is 0 Å². The minimum Gasteiger partial charge on any atom is -0.481 e. The zero-order valence-electron chi connectivity index (χ0n) is 7.64. The van der Waals surface area contributed by atoms with Gasteiger partial charge in [0.25, 0.3) is 0 Å². The first-order valence-corrected chi connectivity index (χ1v) is 4.98. The van der Waals surface area contributed by atoms with Gasteiger partial charge in [0.05, 0.1) is 12.0 Å². The Morgan fingerprint density at radius 1 is 1.43 bits per heavy atom. The van der Waals surface area contributed by atoms with Crippen molar-refractivity contribution in [2.24, 2.45) is 5.92 Å². The van der Waals surface area contributed by atoms with Gasteiger partial charge in [-0.15, -0.1) is 0 Å². The van der Waals surface area contributed by atoms with E-state index < -0.39 is 18.0 Å². The molecule has 0 bridgehead atoms. The molecule has 1 aromatic rings. The lowest BCUT2D eigenvalue weighted by molar-refractivity contribution is -0.145. The first-order chi connectivity index (χ1) is 6.54. The summed E-state index contributed by atoms with van der Waals surface area (Å²) in [6.07, 6.45) is -0.983. The molecule has 0 heterocycles. The van der Waals surface area contributed by atoms with Crippen LogP contribution >= 0.6 is 15.9 Å². The van der Waals surface area contributed by atoms with Gasteiger partial charge in [-0.2, -0.15) is 0 Å². The molecule has 3 nitrogen and oxygen atoms in total. The zero-order valence-corrected chi connectivity index (χ0v) is 9.23. The summed E-state index contributed by atoms with van der Waals surface area (Å²) in [5, 5.41) is 18.5. The minimum atomic E-state index is -1.01. The normalized spacial score (nSPS) is 14.8. The molecule has 0 aliphatic heterocycles. The van der Waals surface area contributed by atoms with E-state index in [4.69, 9.17) is 5.11 Å². The number of aliphatic hydroxyl groups excluding tert-OH is 1. The Balaban J connectivity index is 2.94. The molecule has 2 unspecified atom stereocenters. The van der Waals surface area contributed by atoms with Gasteiger partial charge in [0.15, 0.2) is 0 Å². The van der Waals surface area contributed by atoms with E-state index in [0.29, 0.717) is 5.56 Å². The highest BCUT2D eigenvalue weighted by atomic mass is 79.9. The van der Waals surface area contributed by atoms with Gasteiger partial charge in [-0.1, -0.05) is 34.1 Å². The molecule has 14 heavy (non-hydrogen) atoms. The SMILES string of the molecule is CC(C(=O)O)C(O)c1ccccc1Br. The lowest BCUT2D eigenvalue weighted by Crippen LogP contribution is -2.18. The fraction of sp³-hybridized carbons (Fsp3) is 0.300. The highest BCUT2D eigenvalue weighted by Crippen LogP contribution is 2.28. The van der Waals surface area contributed by atoms with Crippen molar-refractivity contribution in [3.8, 4) is 0 Å². The van der Waals surface area contributed by atoms with Gasteiger partial charge in [-0.3, -0.25) is 4.79 Å². The third-order valence-corrected chi connectivity index (χ3v) is 2.81. The minimum absolute atomic E-state index is 0.599. The second-order valence-corrected chi connectivity index (χ2v) is 3.95. The molecule has 0 saturated heterocycles. The van der Waals surface area contributed by atoms with Crippen LogP contribution in [0.1, 0.15) is 18.6 Å². The van der Waals surface area contributed by atoms with E-state index in [-0.39, 0.29) is 0 Å². The Morgan fingerprint density at radius 3 is 2.50 bits per heavy atom. The van der Waals surface area contributed by atoms with Crippen LogP contribution in [0.3, 0.4) is 0 Å². The number of rotatable bonds is 3. The first-order valence-electron chi connectivity index (χ1n) is 4.19. The van der Waals surface area contributed by atoms with Crippen LogP contribution in [-0.4, -0.2) is 16.2 Å². The largest absolute Gasteiger partial charge is 0.481 e. The Morgan fingerprint density at radius 2 is 2.00 bits per heavy atom. The summed E-state index contributed by atoms with van der Waals surface area (Å²) in [5.74, 6) is -1.82. The lowest BCUT2D eigenvalue weighted by Gasteiger charge is -2.16. The lowest BCUT2D eigenvalue weighted by atomic mass is 9.98. The Bertz CT molecular complexity index is 338. The van der Waals surface area contributed by atoms with Crippen molar-refractivity contribution in [2.75, 3.05) is 0 Å². The predicted octanol–water partition coefficient (Wildman–Crippen LogP) is 2.20. The second-order valence-electron chi connectivity index (χ2n) is 3.09. The first kappa shape index (κ1) is 11.2. The Hall–Kier alpha value is -0.870. The topological polar surface area (TPSA) is 57.5 Å². The van der Waals surface area contributed by atoms with Crippen molar-refractivity contribution in [1.29, 1.82) is 0 Å². The number of hydrogen-bond acceptors (Lipinski definition) is 2. The maximum absolute atomic E-state index is 10.7. The van der Waals surface area contributed by atoms with E-state index >= 15 is 0 Å². The molecule has 0 saturated carbocycles. The molecule has 0 spiro atoms. The summed E-state index contributed by atoms with van der Waals surface area (Å²) >= 11 is 3.26. The number of benzene rings is 1. The zero-order chi connectivity index (χ0) is 10.7. The quantitative estimate of drug-likeness (QED) is 0.874. The molecule has 4 heteroatoms. The molecule has 1 rings (SSSR count). The third kappa shape index (κ3) is 2.33. The number of aliphatic hydroxyl groups is 1. The molecule has 0 aliphatic carbocycles. The number of halogens is 1. The molecule has 1 aromatic carbocycles. The maximum atomic E-state index is 10.7. The molecule has 76 valence electrons. The number of carboxylic acid groups (broad SMARTS) is 1. The van der Waals surface area contributed by atoms with Crippen molar-refractivity contribution in [3.63, 3.8) is 0 Å². The average molecular weight is 259 g/mol. The van der Waals surface area contributed by atoms with Crippen LogP contribution in [0.25, 0.3) is 0 Å². The van der Waals surface area contributed by atoms with Crippen molar-refractivity contribution < 1.29 is 15.0 Å². The monoisotopic (exact) mass is 258 g/mol. The smallest absolute Gasteiger partial charge is 0.309 e. The van der Waals surface area contributed by atoms with Gasteiger partial charge in [0.1, 0.15) is 0 Å². The second kappa shape index (κ2) is 4.57. The maximum Gasteiger partial charge on any atom is 0.309 e. The molecule has 0 aromatic heterocycles. The van der Waals surface area contributed by atoms with Gasteiger partial charge in [-0.05, 0) is 18.6 Å². The molecule has 2 atom stereocenters. The summed E-state index contributed by atoms with van der Waals surface area (Å²) in [4.78, 5) is 10.7. The van der Waals surface area contributed by atoms with Crippen molar-refractivity contribution in [3.05, 3.63) is 34.3 Å². The molecule has 0 radical (unpaired) electrons. The standard InChI is InChI=1S/C10H11BrO3/c1-6(10(13)14)9(12)7-4-2-3-5-8(7)11/h2-6,9,12H,1H3,(H,13,14). The van der Waals surface area contributed by atoms with E-state index in [1.807, 2.05) is 6.07 Å². The van der Waals surface area contributed by atoms with Crippen molar-refractivity contribution in [1.82, 2.24) is 0 Å². The molecule has 0 fully saturated rings. The summed E-state index contributed by atoms with van der Waals surface area (Å²) in [5.41, 5.74) is 0.599. The van der Waals surface area contributed by atoms with Crippen LogP contribution in [0.2, 0.25) is 0 Å². The highest BCUT2D eigenvalue weighted by Gasteiger charge is 2.23.